The summed E-state index contributed by atoms with van der Waals surface area (Å²) in [5.41, 5.74) is 8.22. The molecular formula is C13H13Cl2N3. The molecule has 0 saturated carbocycles. The first-order valence-electron chi connectivity index (χ1n) is 5.53. The summed E-state index contributed by atoms with van der Waals surface area (Å²) in [4.78, 5) is 4.08. The summed E-state index contributed by atoms with van der Waals surface area (Å²) in [6.45, 7) is 2.04. The standard InChI is InChI=1S/C13H13Cl2N3/c1-9(10-3-2-6-16-8-10)17-18-11-4-5-12(14)13(15)7-11/h2-9,17-18H,1H3. The van der Waals surface area contributed by atoms with Crippen molar-refractivity contribution in [2.75, 3.05) is 5.43 Å². The number of aromatic nitrogens is 1. The molecule has 0 amide bonds. The lowest BCUT2D eigenvalue weighted by Crippen LogP contribution is -2.25. The van der Waals surface area contributed by atoms with Gasteiger partial charge in [-0.25, -0.2) is 5.43 Å². The molecule has 0 radical (unpaired) electrons. The zero-order valence-corrected chi connectivity index (χ0v) is 11.3. The Morgan fingerprint density at radius 2 is 2.00 bits per heavy atom. The van der Waals surface area contributed by atoms with Crippen LogP contribution in [0.25, 0.3) is 0 Å². The molecule has 2 aromatic rings. The van der Waals surface area contributed by atoms with Crippen LogP contribution in [-0.4, -0.2) is 4.98 Å². The summed E-state index contributed by atoms with van der Waals surface area (Å²) in [5.74, 6) is 0. The number of nitrogens with one attached hydrogen (secondary N) is 2. The Morgan fingerprint density at radius 3 is 2.67 bits per heavy atom. The fourth-order valence-corrected chi connectivity index (χ4v) is 1.78. The zero-order chi connectivity index (χ0) is 13.0. The Bertz CT molecular complexity index is 517. The van der Waals surface area contributed by atoms with E-state index >= 15 is 0 Å². The Morgan fingerprint density at radius 1 is 1.17 bits per heavy atom. The van der Waals surface area contributed by atoms with Crippen molar-refractivity contribution in [3.63, 3.8) is 0 Å². The van der Waals surface area contributed by atoms with Gasteiger partial charge in [0, 0.05) is 18.4 Å². The van der Waals surface area contributed by atoms with E-state index in [4.69, 9.17) is 23.2 Å². The maximum absolute atomic E-state index is 5.94. The highest BCUT2D eigenvalue weighted by atomic mass is 35.5. The van der Waals surface area contributed by atoms with Crippen molar-refractivity contribution in [3.8, 4) is 0 Å². The number of benzene rings is 1. The van der Waals surface area contributed by atoms with Gasteiger partial charge in [-0.05, 0) is 36.8 Å². The van der Waals surface area contributed by atoms with Crippen molar-refractivity contribution in [2.24, 2.45) is 0 Å². The molecule has 5 heteroatoms. The second-order valence-corrected chi connectivity index (χ2v) is 4.72. The van der Waals surface area contributed by atoms with Crippen LogP contribution < -0.4 is 10.9 Å². The fourth-order valence-electron chi connectivity index (χ4n) is 1.48. The first kappa shape index (κ1) is 13.1. The monoisotopic (exact) mass is 281 g/mol. The normalized spacial score (nSPS) is 12.2. The summed E-state index contributed by atoms with van der Waals surface area (Å²) in [5, 5.41) is 1.07. The van der Waals surface area contributed by atoms with E-state index in [1.807, 2.05) is 31.3 Å². The second-order valence-electron chi connectivity index (χ2n) is 3.91. The van der Waals surface area contributed by atoms with E-state index in [0.29, 0.717) is 10.0 Å². The van der Waals surface area contributed by atoms with Crippen LogP contribution in [0.5, 0.6) is 0 Å². The lowest BCUT2D eigenvalue weighted by molar-refractivity contribution is 0.641. The molecular weight excluding hydrogens is 269 g/mol. The molecule has 0 fully saturated rings. The molecule has 3 nitrogen and oxygen atoms in total. The van der Waals surface area contributed by atoms with E-state index in [1.165, 1.54) is 0 Å². The van der Waals surface area contributed by atoms with Crippen LogP contribution in [0.1, 0.15) is 18.5 Å². The van der Waals surface area contributed by atoms with Crippen molar-refractivity contribution in [3.05, 3.63) is 58.3 Å². The minimum absolute atomic E-state index is 0.133. The van der Waals surface area contributed by atoms with Gasteiger partial charge in [-0.3, -0.25) is 4.98 Å². The van der Waals surface area contributed by atoms with E-state index in [0.717, 1.165) is 11.3 Å². The van der Waals surface area contributed by atoms with Crippen LogP contribution >= 0.6 is 23.2 Å². The number of hydrogen-bond acceptors (Lipinski definition) is 3. The molecule has 94 valence electrons. The van der Waals surface area contributed by atoms with Gasteiger partial charge < -0.3 is 5.43 Å². The van der Waals surface area contributed by atoms with Crippen molar-refractivity contribution in [1.82, 2.24) is 10.4 Å². The van der Waals surface area contributed by atoms with E-state index in [9.17, 15) is 0 Å². The van der Waals surface area contributed by atoms with Gasteiger partial charge in [0.05, 0.1) is 15.7 Å². The number of anilines is 1. The number of nitrogens with zero attached hydrogens (tertiary/aromatic N) is 1. The highest BCUT2D eigenvalue weighted by molar-refractivity contribution is 6.42. The Balaban J connectivity index is 1.97. The van der Waals surface area contributed by atoms with Crippen molar-refractivity contribution >= 4 is 28.9 Å². The predicted octanol–water partition coefficient (Wildman–Crippen LogP) is 4.07. The van der Waals surface area contributed by atoms with Crippen LogP contribution in [0.15, 0.2) is 42.7 Å². The van der Waals surface area contributed by atoms with Gasteiger partial charge in [-0.15, -0.1) is 0 Å². The summed E-state index contributed by atoms with van der Waals surface area (Å²) in [6, 6.07) is 9.44. The van der Waals surface area contributed by atoms with Crippen molar-refractivity contribution < 1.29 is 0 Å². The quantitative estimate of drug-likeness (QED) is 0.830. The molecule has 1 aromatic heterocycles. The van der Waals surface area contributed by atoms with E-state index in [1.54, 1.807) is 18.3 Å². The molecule has 1 atom stereocenters. The third kappa shape index (κ3) is 3.35. The van der Waals surface area contributed by atoms with Crippen LogP contribution in [-0.2, 0) is 0 Å². The lowest BCUT2D eigenvalue weighted by atomic mass is 10.1. The van der Waals surface area contributed by atoms with Gasteiger partial charge in [0.2, 0.25) is 0 Å². The lowest BCUT2D eigenvalue weighted by Gasteiger charge is -2.16. The largest absolute Gasteiger partial charge is 0.321 e. The third-order valence-electron chi connectivity index (χ3n) is 2.54. The molecule has 2 N–H and O–H groups in total. The molecule has 1 heterocycles. The average Bonchev–Trinajstić information content (AvgIpc) is 2.41. The van der Waals surface area contributed by atoms with Gasteiger partial charge in [0.25, 0.3) is 0 Å². The van der Waals surface area contributed by atoms with Crippen LogP contribution in [0, 0.1) is 0 Å². The zero-order valence-electron chi connectivity index (χ0n) is 9.82. The molecule has 0 saturated heterocycles. The summed E-state index contributed by atoms with van der Waals surface area (Å²) >= 11 is 11.8. The number of rotatable bonds is 4. The number of hydrazine groups is 1. The molecule has 0 aliphatic rings. The minimum atomic E-state index is 0.133. The second kappa shape index (κ2) is 6.05. The first-order valence-corrected chi connectivity index (χ1v) is 6.29. The number of hydrogen-bond donors (Lipinski definition) is 2. The molecule has 0 aliphatic carbocycles. The summed E-state index contributed by atoms with van der Waals surface area (Å²) < 4.78 is 0. The van der Waals surface area contributed by atoms with E-state index in [2.05, 4.69) is 15.8 Å². The predicted molar refractivity (Wildman–Crippen MR) is 75.9 cm³/mol. The molecule has 18 heavy (non-hydrogen) atoms. The topological polar surface area (TPSA) is 37.0 Å². The Hall–Kier alpha value is -1.29. The fraction of sp³-hybridized carbons (Fsp3) is 0.154. The van der Waals surface area contributed by atoms with Crippen LogP contribution in [0.3, 0.4) is 0 Å². The molecule has 1 aromatic carbocycles. The molecule has 0 spiro atoms. The highest BCUT2D eigenvalue weighted by Crippen LogP contribution is 2.24. The van der Waals surface area contributed by atoms with Crippen molar-refractivity contribution in [1.29, 1.82) is 0 Å². The summed E-state index contributed by atoms with van der Waals surface area (Å²) in [6.07, 6.45) is 3.58. The molecule has 1 unspecified atom stereocenters. The van der Waals surface area contributed by atoms with Gasteiger partial charge in [-0.1, -0.05) is 29.3 Å². The average molecular weight is 282 g/mol. The van der Waals surface area contributed by atoms with E-state index < -0.39 is 0 Å². The Kier molecular flexibility index (Phi) is 4.42. The van der Waals surface area contributed by atoms with Crippen LogP contribution in [0.4, 0.5) is 5.69 Å². The molecule has 2 rings (SSSR count). The number of pyridine rings is 1. The Labute approximate surface area is 116 Å². The first-order chi connectivity index (χ1) is 8.66. The van der Waals surface area contributed by atoms with Gasteiger partial charge in [0.1, 0.15) is 0 Å². The van der Waals surface area contributed by atoms with Gasteiger partial charge in [0.15, 0.2) is 0 Å². The maximum atomic E-state index is 5.94. The third-order valence-corrected chi connectivity index (χ3v) is 3.28. The highest BCUT2D eigenvalue weighted by Gasteiger charge is 2.04. The van der Waals surface area contributed by atoms with Gasteiger partial charge in [-0.2, -0.15) is 0 Å². The maximum Gasteiger partial charge on any atom is 0.0613 e. The SMILES string of the molecule is CC(NNc1ccc(Cl)c(Cl)c1)c1cccnc1. The molecule has 0 bridgehead atoms. The summed E-state index contributed by atoms with van der Waals surface area (Å²) in [7, 11) is 0. The number of halogens is 2. The van der Waals surface area contributed by atoms with Crippen LogP contribution in [0.2, 0.25) is 10.0 Å². The van der Waals surface area contributed by atoms with Gasteiger partial charge >= 0.3 is 0 Å². The minimum Gasteiger partial charge on any atom is -0.321 e. The smallest absolute Gasteiger partial charge is 0.0613 e. The van der Waals surface area contributed by atoms with E-state index in [-0.39, 0.29) is 6.04 Å². The van der Waals surface area contributed by atoms with Crippen molar-refractivity contribution in [2.45, 2.75) is 13.0 Å². The molecule has 0 aliphatic heterocycles.